The molecule has 0 spiro atoms. The molecule has 94 valence electrons. The molecule has 0 saturated heterocycles. The van der Waals surface area contributed by atoms with Crippen LogP contribution in [0.3, 0.4) is 0 Å². The Hall–Kier alpha value is -0.410. The Bertz CT molecular complexity index is 333. The molecule has 1 saturated carbocycles. The maximum atomic E-state index is 4.06. The highest BCUT2D eigenvalue weighted by molar-refractivity contribution is 9.09. The quantitative estimate of drug-likeness (QED) is 0.774. The van der Waals surface area contributed by atoms with Gasteiger partial charge in [0.05, 0.1) is 0 Å². The normalized spacial score (nSPS) is 18.8. The minimum Gasteiger partial charge on any atom is -0.302 e. The van der Waals surface area contributed by atoms with E-state index in [1.165, 1.54) is 37.8 Å². The zero-order chi connectivity index (χ0) is 12.1. The molecule has 0 atom stereocenters. The molecular formula is C14H21BrN2. The van der Waals surface area contributed by atoms with E-state index in [9.17, 15) is 0 Å². The summed E-state index contributed by atoms with van der Waals surface area (Å²) in [4.78, 5) is 6.51. The van der Waals surface area contributed by atoms with E-state index in [0.717, 1.165) is 11.9 Å². The van der Waals surface area contributed by atoms with Crippen molar-refractivity contribution in [1.29, 1.82) is 0 Å². The number of rotatable bonds is 5. The topological polar surface area (TPSA) is 16.1 Å². The molecule has 1 aromatic heterocycles. The van der Waals surface area contributed by atoms with Crippen molar-refractivity contribution >= 4 is 15.9 Å². The van der Waals surface area contributed by atoms with Gasteiger partial charge in [-0.1, -0.05) is 28.8 Å². The maximum Gasteiger partial charge on any atom is 0.0271 e. The van der Waals surface area contributed by atoms with Gasteiger partial charge in [0, 0.05) is 30.8 Å². The van der Waals surface area contributed by atoms with Crippen LogP contribution < -0.4 is 0 Å². The van der Waals surface area contributed by atoms with Gasteiger partial charge in [0.15, 0.2) is 0 Å². The molecule has 1 aliphatic rings. The first-order valence-corrected chi connectivity index (χ1v) is 7.50. The van der Waals surface area contributed by atoms with E-state index in [0.29, 0.717) is 5.41 Å². The van der Waals surface area contributed by atoms with Gasteiger partial charge in [-0.3, -0.25) is 4.98 Å². The Morgan fingerprint density at radius 1 is 1.29 bits per heavy atom. The summed E-state index contributed by atoms with van der Waals surface area (Å²) in [6.07, 6.45) is 9.29. The van der Waals surface area contributed by atoms with E-state index in [-0.39, 0.29) is 0 Å². The zero-order valence-electron chi connectivity index (χ0n) is 10.5. The third-order valence-corrected chi connectivity index (χ3v) is 4.94. The molecule has 0 bridgehead atoms. The Labute approximate surface area is 113 Å². The molecule has 1 aromatic rings. The van der Waals surface area contributed by atoms with Crippen LogP contribution in [0.15, 0.2) is 24.5 Å². The molecule has 17 heavy (non-hydrogen) atoms. The lowest BCUT2D eigenvalue weighted by atomic mass is 9.88. The van der Waals surface area contributed by atoms with Crippen molar-refractivity contribution in [1.82, 2.24) is 9.88 Å². The summed E-state index contributed by atoms with van der Waals surface area (Å²) in [7, 11) is 2.23. The lowest BCUT2D eigenvalue weighted by Gasteiger charge is -2.32. The molecule has 1 aliphatic carbocycles. The largest absolute Gasteiger partial charge is 0.302 e. The minimum atomic E-state index is 0.516. The second-order valence-corrected chi connectivity index (χ2v) is 5.93. The summed E-state index contributed by atoms with van der Waals surface area (Å²) in [5, 5.41) is 1.14. The average Bonchev–Trinajstić information content (AvgIpc) is 2.79. The van der Waals surface area contributed by atoms with Crippen molar-refractivity contribution in [2.75, 3.05) is 18.9 Å². The Kier molecular flexibility index (Phi) is 4.57. The van der Waals surface area contributed by atoms with Gasteiger partial charge in [0.25, 0.3) is 0 Å². The average molecular weight is 297 g/mol. The number of nitrogens with zero attached hydrogens (tertiary/aromatic N) is 2. The number of alkyl halides is 1. The Morgan fingerprint density at radius 3 is 2.53 bits per heavy atom. The van der Waals surface area contributed by atoms with Gasteiger partial charge in [-0.25, -0.2) is 0 Å². The maximum absolute atomic E-state index is 4.06. The van der Waals surface area contributed by atoms with E-state index >= 15 is 0 Å². The van der Waals surface area contributed by atoms with Gasteiger partial charge < -0.3 is 4.90 Å². The van der Waals surface area contributed by atoms with Gasteiger partial charge >= 0.3 is 0 Å². The molecule has 0 aromatic carbocycles. The molecule has 3 heteroatoms. The second kappa shape index (κ2) is 5.96. The Balaban J connectivity index is 1.90. The molecule has 0 aliphatic heterocycles. The van der Waals surface area contributed by atoms with Crippen molar-refractivity contribution in [3.8, 4) is 0 Å². The molecule has 0 amide bonds. The summed E-state index contributed by atoms with van der Waals surface area (Å²) in [6.45, 7) is 2.22. The third-order valence-electron chi connectivity index (χ3n) is 3.75. The first kappa shape index (κ1) is 13.0. The first-order valence-electron chi connectivity index (χ1n) is 6.38. The van der Waals surface area contributed by atoms with Gasteiger partial charge in [-0.2, -0.15) is 0 Å². The highest BCUT2D eigenvalue weighted by Crippen LogP contribution is 2.40. The van der Waals surface area contributed by atoms with Crippen molar-refractivity contribution in [2.24, 2.45) is 5.41 Å². The molecular weight excluding hydrogens is 276 g/mol. The highest BCUT2D eigenvalue weighted by atomic mass is 79.9. The monoisotopic (exact) mass is 296 g/mol. The van der Waals surface area contributed by atoms with Crippen LogP contribution in [0.5, 0.6) is 0 Å². The van der Waals surface area contributed by atoms with Crippen molar-refractivity contribution in [3.63, 3.8) is 0 Å². The fourth-order valence-corrected chi connectivity index (χ4v) is 3.63. The molecule has 1 fully saturated rings. The predicted molar refractivity (Wildman–Crippen MR) is 75.3 cm³/mol. The number of hydrogen-bond acceptors (Lipinski definition) is 2. The number of hydrogen-bond donors (Lipinski definition) is 0. The molecule has 1 heterocycles. The van der Waals surface area contributed by atoms with Crippen LogP contribution in [0.4, 0.5) is 0 Å². The van der Waals surface area contributed by atoms with E-state index in [1.807, 2.05) is 12.4 Å². The lowest BCUT2D eigenvalue weighted by Crippen LogP contribution is -2.34. The van der Waals surface area contributed by atoms with Gasteiger partial charge in [0.1, 0.15) is 0 Å². The molecule has 0 N–H and O–H groups in total. The zero-order valence-corrected chi connectivity index (χ0v) is 12.1. The fraction of sp³-hybridized carbons (Fsp3) is 0.643. The van der Waals surface area contributed by atoms with Gasteiger partial charge in [-0.05, 0) is 43.0 Å². The SMILES string of the molecule is CN(Cc1ccncc1)CC1(CBr)CCCC1. The minimum absolute atomic E-state index is 0.516. The lowest BCUT2D eigenvalue weighted by molar-refractivity contribution is 0.196. The third kappa shape index (κ3) is 3.52. The van der Waals surface area contributed by atoms with Crippen LogP contribution in [0.25, 0.3) is 0 Å². The highest BCUT2D eigenvalue weighted by Gasteiger charge is 2.33. The smallest absolute Gasteiger partial charge is 0.0271 e. The van der Waals surface area contributed by atoms with Gasteiger partial charge in [-0.15, -0.1) is 0 Å². The van der Waals surface area contributed by atoms with Crippen LogP contribution in [0.2, 0.25) is 0 Å². The van der Waals surface area contributed by atoms with Crippen LogP contribution in [-0.2, 0) is 6.54 Å². The summed E-state index contributed by atoms with van der Waals surface area (Å²) >= 11 is 3.71. The van der Waals surface area contributed by atoms with Crippen molar-refractivity contribution < 1.29 is 0 Å². The van der Waals surface area contributed by atoms with E-state index in [1.54, 1.807) is 0 Å². The second-order valence-electron chi connectivity index (χ2n) is 5.37. The van der Waals surface area contributed by atoms with Crippen molar-refractivity contribution in [2.45, 2.75) is 32.2 Å². The summed E-state index contributed by atoms with van der Waals surface area (Å²) in [5.41, 5.74) is 1.87. The standard InChI is InChI=1S/C14H21BrN2/c1-17(10-13-4-8-16-9-5-13)12-14(11-15)6-2-3-7-14/h4-5,8-9H,2-3,6-7,10-12H2,1H3. The molecule has 0 radical (unpaired) electrons. The molecule has 0 unspecified atom stereocenters. The van der Waals surface area contributed by atoms with Crippen LogP contribution in [0.1, 0.15) is 31.2 Å². The van der Waals surface area contributed by atoms with Crippen LogP contribution in [0, 0.1) is 5.41 Å². The van der Waals surface area contributed by atoms with E-state index in [4.69, 9.17) is 0 Å². The summed E-state index contributed by atoms with van der Waals surface area (Å²) in [5.74, 6) is 0. The number of aromatic nitrogens is 1. The predicted octanol–water partition coefficient (Wildman–Crippen LogP) is 3.47. The van der Waals surface area contributed by atoms with Crippen LogP contribution >= 0.6 is 15.9 Å². The Morgan fingerprint density at radius 2 is 1.94 bits per heavy atom. The molecule has 2 nitrogen and oxygen atoms in total. The van der Waals surface area contributed by atoms with Crippen LogP contribution in [-0.4, -0.2) is 28.8 Å². The van der Waals surface area contributed by atoms with Crippen molar-refractivity contribution in [3.05, 3.63) is 30.1 Å². The molecule has 2 rings (SSSR count). The van der Waals surface area contributed by atoms with Gasteiger partial charge in [0.2, 0.25) is 0 Å². The first-order chi connectivity index (χ1) is 8.24. The number of halogens is 1. The van der Waals surface area contributed by atoms with E-state index < -0.39 is 0 Å². The summed E-state index contributed by atoms with van der Waals surface area (Å²) in [6, 6.07) is 4.21. The fourth-order valence-electron chi connectivity index (χ4n) is 2.89. The number of pyridine rings is 1. The summed E-state index contributed by atoms with van der Waals surface area (Å²) < 4.78 is 0. The van der Waals surface area contributed by atoms with E-state index in [2.05, 4.69) is 45.0 Å².